The van der Waals surface area contributed by atoms with Gasteiger partial charge in [-0.2, -0.15) is 0 Å². The lowest BCUT2D eigenvalue weighted by molar-refractivity contribution is -0.130. The molecule has 0 spiro atoms. The van der Waals surface area contributed by atoms with E-state index in [0.717, 1.165) is 58.0 Å². The van der Waals surface area contributed by atoms with Crippen molar-refractivity contribution in [3.05, 3.63) is 12.7 Å². The zero-order valence-corrected chi connectivity index (χ0v) is 10.6. The van der Waals surface area contributed by atoms with Gasteiger partial charge in [0.15, 0.2) is 0 Å². The molecule has 16 heavy (non-hydrogen) atoms. The molecular formula is C14H25NO. The van der Waals surface area contributed by atoms with E-state index in [-0.39, 0.29) is 5.41 Å². The Hall–Kier alpha value is -0.630. The van der Waals surface area contributed by atoms with Gasteiger partial charge in [0, 0.05) is 11.8 Å². The lowest BCUT2D eigenvalue weighted by Crippen LogP contribution is -2.42. The maximum absolute atomic E-state index is 12.3. The summed E-state index contributed by atoms with van der Waals surface area (Å²) in [5.74, 6) is 0.498. The van der Waals surface area contributed by atoms with Crippen LogP contribution in [0.3, 0.4) is 0 Å². The van der Waals surface area contributed by atoms with Crippen LogP contribution in [0.4, 0.5) is 0 Å². The van der Waals surface area contributed by atoms with E-state index in [1.807, 2.05) is 6.08 Å². The molecule has 2 heteroatoms. The van der Waals surface area contributed by atoms with Crippen molar-refractivity contribution < 1.29 is 4.79 Å². The summed E-state index contributed by atoms with van der Waals surface area (Å²) >= 11 is 0. The summed E-state index contributed by atoms with van der Waals surface area (Å²) < 4.78 is 0. The average Bonchev–Trinajstić information content (AvgIpc) is 2.31. The molecule has 0 saturated carbocycles. The van der Waals surface area contributed by atoms with Gasteiger partial charge < -0.3 is 5.32 Å². The van der Waals surface area contributed by atoms with Crippen LogP contribution in [0.5, 0.6) is 0 Å². The molecule has 0 amide bonds. The third kappa shape index (κ3) is 3.44. The number of hydrogen-bond acceptors (Lipinski definition) is 2. The molecule has 1 aliphatic heterocycles. The van der Waals surface area contributed by atoms with Crippen molar-refractivity contribution in [3.63, 3.8) is 0 Å². The third-order valence-corrected chi connectivity index (χ3v) is 3.69. The number of unbranched alkanes of at least 4 members (excludes halogenated alkanes) is 1. The zero-order valence-electron chi connectivity index (χ0n) is 10.6. The standard InChI is InChI=1S/C14H25NO/c1-3-5-6-7-13(16)14(8-4-2)9-11-15-12-10-14/h3,15H,1,4-12H2,2H3. The van der Waals surface area contributed by atoms with Gasteiger partial charge in [-0.05, 0) is 45.2 Å². The van der Waals surface area contributed by atoms with Crippen molar-refractivity contribution >= 4 is 5.78 Å². The molecule has 1 aliphatic rings. The fraction of sp³-hybridized carbons (Fsp3) is 0.786. The number of hydrogen-bond donors (Lipinski definition) is 1. The van der Waals surface area contributed by atoms with E-state index in [2.05, 4.69) is 18.8 Å². The molecule has 0 atom stereocenters. The number of carbonyl (C=O) groups excluding carboxylic acids is 1. The van der Waals surface area contributed by atoms with Crippen LogP contribution in [-0.4, -0.2) is 18.9 Å². The Balaban J connectivity index is 2.53. The Morgan fingerprint density at radius 2 is 2.12 bits per heavy atom. The predicted molar refractivity (Wildman–Crippen MR) is 68.5 cm³/mol. The van der Waals surface area contributed by atoms with Gasteiger partial charge >= 0.3 is 0 Å². The highest BCUT2D eigenvalue weighted by molar-refractivity contribution is 5.84. The molecule has 0 unspecified atom stereocenters. The van der Waals surface area contributed by atoms with Gasteiger partial charge in [-0.3, -0.25) is 4.79 Å². The third-order valence-electron chi connectivity index (χ3n) is 3.69. The maximum Gasteiger partial charge on any atom is 0.139 e. The van der Waals surface area contributed by atoms with Crippen LogP contribution in [0.1, 0.15) is 51.9 Å². The number of piperidine rings is 1. The van der Waals surface area contributed by atoms with Crippen LogP contribution in [-0.2, 0) is 4.79 Å². The molecule has 0 aliphatic carbocycles. The molecule has 1 N–H and O–H groups in total. The summed E-state index contributed by atoms with van der Waals surface area (Å²) in [6.07, 6.45) is 8.85. The Morgan fingerprint density at radius 3 is 2.69 bits per heavy atom. The van der Waals surface area contributed by atoms with Crippen molar-refractivity contribution in [2.45, 2.75) is 51.9 Å². The number of rotatable bonds is 7. The molecule has 92 valence electrons. The van der Waals surface area contributed by atoms with Crippen molar-refractivity contribution in [1.82, 2.24) is 5.32 Å². The van der Waals surface area contributed by atoms with Crippen LogP contribution in [0.15, 0.2) is 12.7 Å². The van der Waals surface area contributed by atoms with E-state index in [9.17, 15) is 4.79 Å². The second-order valence-electron chi connectivity index (χ2n) is 4.88. The first-order valence-electron chi connectivity index (χ1n) is 6.60. The quantitative estimate of drug-likeness (QED) is 0.531. The minimum atomic E-state index is 0.00116. The number of carbonyl (C=O) groups is 1. The van der Waals surface area contributed by atoms with Crippen LogP contribution in [0, 0.1) is 5.41 Å². The van der Waals surface area contributed by atoms with E-state index < -0.39 is 0 Å². The highest BCUT2D eigenvalue weighted by atomic mass is 16.1. The largest absolute Gasteiger partial charge is 0.317 e. The number of allylic oxidation sites excluding steroid dienone is 1. The first kappa shape index (κ1) is 13.4. The monoisotopic (exact) mass is 223 g/mol. The van der Waals surface area contributed by atoms with Crippen LogP contribution in [0.2, 0.25) is 0 Å². The topological polar surface area (TPSA) is 29.1 Å². The second-order valence-corrected chi connectivity index (χ2v) is 4.88. The predicted octanol–water partition coefficient (Wildman–Crippen LogP) is 3.08. The Kier molecular flexibility index (Phi) is 5.75. The smallest absolute Gasteiger partial charge is 0.139 e. The van der Waals surface area contributed by atoms with Crippen LogP contribution < -0.4 is 5.32 Å². The van der Waals surface area contributed by atoms with Crippen molar-refractivity contribution in [2.75, 3.05) is 13.1 Å². The van der Waals surface area contributed by atoms with Gasteiger partial charge in [0.2, 0.25) is 0 Å². The molecule has 1 heterocycles. The molecule has 0 aromatic carbocycles. The first-order valence-corrected chi connectivity index (χ1v) is 6.60. The Labute approximate surface area is 99.5 Å². The SMILES string of the molecule is C=CCCCC(=O)C1(CCC)CCNCC1. The maximum atomic E-state index is 12.3. The first-order chi connectivity index (χ1) is 7.75. The molecule has 1 rings (SSSR count). The van der Waals surface area contributed by atoms with Gasteiger partial charge in [-0.25, -0.2) is 0 Å². The molecule has 2 nitrogen and oxygen atoms in total. The van der Waals surface area contributed by atoms with Gasteiger partial charge in [0.05, 0.1) is 0 Å². The van der Waals surface area contributed by atoms with Crippen LogP contribution in [0.25, 0.3) is 0 Å². The molecular weight excluding hydrogens is 198 g/mol. The van der Waals surface area contributed by atoms with E-state index in [4.69, 9.17) is 0 Å². The second kappa shape index (κ2) is 6.85. The normalized spacial score (nSPS) is 19.3. The summed E-state index contributed by atoms with van der Waals surface area (Å²) in [6, 6.07) is 0. The molecule has 0 aromatic heterocycles. The van der Waals surface area contributed by atoms with Crippen molar-refractivity contribution in [3.8, 4) is 0 Å². The highest BCUT2D eigenvalue weighted by Gasteiger charge is 2.37. The van der Waals surface area contributed by atoms with E-state index in [1.165, 1.54) is 0 Å². The summed E-state index contributed by atoms with van der Waals surface area (Å²) in [6.45, 7) is 7.90. The minimum absolute atomic E-state index is 0.00116. The molecule has 1 saturated heterocycles. The summed E-state index contributed by atoms with van der Waals surface area (Å²) in [7, 11) is 0. The fourth-order valence-electron chi connectivity index (χ4n) is 2.72. The number of Topliss-reactive ketones (excluding diaryl/α,β-unsaturated/α-hetero) is 1. The van der Waals surface area contributed by atoms with Gasteiger partial charge in [0.1, 0.15) is 5.78 Å². The summed E-state index contributed by atoms with van der Waals surface area (Å²) in [5, 5.41) is 3.35. The van der Waals surface area contributed by atoms with Crippen LogP contribution >= 0.6 is 0 Å². The molecule has 0 bridgehead atoms. The average molecular weight is 223 g/mol. The zero-order chi connectivity index (χ0) is 11.9. The summed E-state index contributed by atoms with van der Waals surface area (Å²) in [5.41, 5.74) is 0.00116. The number of ketones is 1. The number of nitrogens with one attached hydrogen (secondary N) is 1. The van der Waals surface area contributed by atoms with E-state index in [0.29, 0.717) is 5.78 Å². The van der Waals surface area contributed by atoms with Gasteiger partial charge in [-0.1, -0.05) is 19.4 Å². The van der Waals surface area contributed by atoms with Gasteiger partial charge in [-0.15, -0.1) is 6.58 Å². The van der Waals surface area contributed by atoms with Crippen molar-refractivity contribution in [2.24, 2.45) is 5.41 Å². The Morgan fingerprint density at radius 1 is 1.44 bits per heavy atom. The minimum Gasteiger partial charge on any atom is -0.317 e. The fourth-order valence-corrected chi connectivity index (χ4v) is 2.72. The molecule has 0 radical (unpaired) electrons. The molecule has 0 aromatic rings. The highest BCUT2D eigenvalue weighted by Crippen LogP contribution is 2.36. The van der Waals surface area contributed by atoms with Gasteiger partial charge in [0.25, 0.3) is 0 Å². The summed E-state index contributed by atoms with van der Waals surface area (Å²) in [4.78, 5) is 12.3. The lowest BCUT2D eigenvalue weighted by Gasteiger charge is -2.36. The molecule has 1 fully saturated rings. The van der Waals surface area contributed by atoms with E-state index in [1.54, 1.807) is 0 Å². The van der Waals surface area contributed by atoms with E-state index >= 15 is 0 Å². The van der Waals surface area contributed by atoms with Crippen molar-refractivity contribution in [1.29, 1.82) is 0 Å². The Bertz CT molecular complexity index is 223. The lowest BCUT2D eigenvalue weighted by atomic mass is 9.71.